The van der Waals surface area contributed by atoms with Crippen LogP contribution in [0.4, 0.5) is 0 Å². The van der Waals surface area contributed by atoms with Crippen LogP contribution in [0.1, 0.15) is 37.9 Å². The number of thiazole rings is 1. The number of ether oxygens (including phenoxy) is 3. The Balaban J connectivity index is 1.79. The molecule has 0 amide bonds. The summed E-state index contributed by atoms with van der Waals surface area (Å²) in [4.78, 5) is 32.6. The number of fused-ring (bicyclic) bond motifs is 2. The van der Waals surface area contributed by atoms with E-state index >= 15 is 0 Å². The molecule has 4 aromatic rings. The van der Waals surface area contributed by atoms with Crippen molar-refractivity contribution < 1.29 is 19.0 Å². The molecule has 0 bridgehead atoms. The van der Waals surface area contributed by atoms with Crippen LogP contribution in [0, 0.1) is 0 Å². The highest BCUT2D eigenvalue weighted by atomic mass is 79.9. The SMILES string of the molecule is CCOC(=O)C1=C(C)N=c2s/c(=C\c3ccc(OCC)c(Br)c3)c(=O)n2[C@H]1c1c(OC)ccc2ccccc12. The van der Waals surface area contributed by atoms with Gasteiger partial charge >= 0.3 is 5.97 Å². The number of methoxy groups -OCH3 is 1. The molecule has 0 radical (unpaired) electrons. The minimum absolute atomic E-state index is 0.200. The number of hydrogen-bond acceptors (Lipinski definition) is 7. The molecule has 0 unspecified atom stereocenters. The van der Waals surface area contributed by atoms with Crippen molar-refractivity contribution in [3.63, 3.8) is 0 Å². The first-order valence-electron chi connectivity index (χ1n) is 12.6. The average Bonchev–Trinajstić information content (AvgIpc) is 3.23. The molecule has 0 fully saturated rings. The lowest BCUT2D eigenvalue weighted by molar-refractivity contribution is -0.139. The minimum atomic E-state index is -0.782. The summed E-state index contributed by atoms with van der Waals surface area (Å²) >= 11 is 4.83. The number of carbonyl (C=O) groups excluding carboxylic acids is 1. The molecule has 200 valence electrons. The van der Waals surface area contributed by atoms with Gasteiger partial charge in [-0.1, -0.05) is 47.7 Å². The predicted molar refractivity (Wildman–Crippen MR) is 156 cm³/mol. The summed E-state index contributed by atoms with van der Waals surface area (Å²) in [5.41, 5.74) is 2.11. The highest BCUT2D eigenvalue weighted by molar-refractivity contribution is 9.10. The van der Waals surface area contributed by atoms with Crippen LogP contribution in [0.2, 0.25) is 0 Å². The lowest BCUT2D eigenvalue weighted by atomic mass is 9.90. The summed E-state index contributed by atoms with van der Waals surface area (Å²) in [5, 5.41) is 1.84. The topological polar surface area (TPSA) is 79.1 Å². The quantitative estimate of drug-likeness (QED) is 0.273. The summed E-state index contributed by atoms with van der Waals surface area (Å²) in [7, 11) is 1.59. The lowest BCUT2D eigenvalue weighted by Crippen LogP contribution is -2.40. The maximum absolute atomic E-state index is 14.1. The van der Waals surface area contributed by atoms with E-state index in [1.54, 1.807) is 25.5 Å². The molecule has 1 aliphatic heterocycles. The summed E-state index contributed by atoms with van der Waals surface area (Å²) < 4.78 is 19.7. The smallest absolute Gasteiger partial charge is 0.338 e. The highest BCUT2D eigenvalue weighted by Gasteiger charge is 2.36. The Morgan fingerprint density at radius 2 is 1.87 bits per heavy atom. The van der Waals surface area contributed by atoms with Gasteiger partial charge in [0.2, 0.25) is 0 Å². The third-order valence-corrected chi connectivity index (χ3v) is 8.10. The predicted octanol–water partition coefficient (Wildman–Crippen LogP) is 5.12. The second-order valence-corrected chi connectivity index (χ2v) is 10.7. The van der Waals surface area contributed by atoms with Gasteiger partial charge in [-0.3, -0.25) is 9.36 Å². The molecule has 39 heavy (non-hydrogen) atoms. The Bertz CT molecular complexity index is 1800. The second kappa shape index (κ2) is 11.2. The zero-order chi connectivity index (χ0) is 27.7. The second-order valence-electron chi connectivity index (χ2n) is 8.83. The van der Waals surface area contributed by atoms with Gasteiger partial charge in [-0.05, 0) is 77.3 Å². The Kier molecular flexibility index (Phi) is 7.72. The van der Waals surface area contributed by atoms with Crippen LogP contribution in [0.15, 0.2) is 80.1 Å². The molecule has 0 spiro atoms. The first-order chi connectivity index (χ1) is 18.9. The lowest BCUT2D eigenvalue weighted by Gasteiger charge is -2.27. The van der Waals surface area contributed by atoms with Crippen molar-refractivity contribution in [3.05, 3.63) is 101 Å². The molecule has 3 aromatic carbocycles. The monoisotopic (exact) mass is 606 g/mol. The molecule has 7 nitrogen and oxygen atoms in total. The molecule has 2 heterocycles. The van der Waals surface area contributed by atoms with Crippen LogP contribution >= 0.6 is 27.3 Å². The van der Waals surface area contributed by atoms with E-state index in [1.165, 1.54) is 11.3 Å². The molecule has 1 atom stereocenters. The highest BCUT2D eigenvalue weighted by Crippen LogP contribution is 2.40. The molecule has 0 saturated carbocycles. The average molecular weight is 608 g/mol. The van der Waals surface area contributed by atoms with Crippen LogP contribution in [0.3, 0.4) is 0 Å². The summed E-state index contributed by atoms with van der Waals surface area (Å²) in [6.07, 6.45) is 1.82. The minimum Gasteiger partial charge on any atom is -0.496 e. The van der Waals surface area contributed by atoms with Crippen LogP contribution in [0.5, 0.6) is 11.5 Å². The van der Waals surface area contributed by atoms with E-state index in [2.05, 4.69) is 15.9 Å². The van der Waals surface area contributed by atoms with Crippen molar-refractivity contribution >= 4 is 50.1 Å². The Morgan fingerprint density at radius 1 is 1.10 bits per heavy atom. The Hall–Kier alpha value is -3.69. The Labute approximate surface area is 237 Å². The standard InChI is InChI=1S/C30H27BrN2O5S/c1-5-37-22-13-11-18(15-21(22)31)16-24-28(34)33-27(25(29(35)38-6-2)17(3)32-30(33)39-24)26-20-10-8-7-9-19(20)12-14-23(26)36-4/h7-16,27H,5-6H2,1-4H3/b24-16-/t27-/m1/s1. The Morgan fingerprint density at radius 3 is 2.59 bits per heavy atom. The van der Waals surface area contributed by atoms with Gasteiger partial charge in [-0.15, -0.1) is 0 Å². The van der Waals surface area contributed by atoms with E-state index < -0.39 is 12.0 Å². The number of benzene rings is 3. The van der Waals surface area contributed by atoms with E-state index in [4.69, 9.17) is 19.2 Å². The third kappa shape index (κ3) is 4.92. The van der Waals surface area contributed by atoms with E-state index in [9.17, 15) is 9.59 Å². The van der Waals surface area contributed by atoms with Crippen LogP contribution in [-0.4, -0.2) is 30.9 Å². The maximum atomic E-state index is 14.1. The first kappa shape index (κ1) is 26.9. The molecule has 0 saturated heterocycles. The van der Waals surface area contributed by atoms with Gasteiger partial charge < -0.3 is 14.2 Å². The molecule has 0 N–H and O–H groups in total. The third-order valence-electron chi connectivity index (χ3n) is 6.49. The number of allylic oxidation sites excluding steroid dienone is 1. The van der Waals surface area contributed by atoms with Crippen LogP contribution < -0.4 is 24.4 Å². The zero-order valence-electron chi connectivity index (χ0n) is 22.0. The summed E-state index contributed by atoms with van der Waals surface area (Å²) in [5.74, 6) is 0.789. The number of aromatic nitrogens is 1. The van der Waals surface area contributed by atoms with E-state index in [-0.39, 0.29) is 12.2 Å². The van der Waals surface area contributed by atoms with Crippen molar-refractivity contribution in [1.82, 2.24) is 4.57 Å². The van der Waals surface area contributed by atoms with Crippen molar-refractivity contribution in [2.24, 2.45) is 4.99 Å². The first-order valence-corrected chi connectivity index (χ1v) is 14.2. The number of halogens is 1. The molecular formula is C30H27BrN2O5S. The van der Waals surface area contributed by atoms with Gasteiger partial charge in [0.25, 0.3) is 5.56 Å². The van der Waals surface area contributed by atoms with Gasteiger partial charge in [0.1, 0.15) is 17.5 Å². The maximum Gasteiger partial charge on any atom is 0.338 e. The molecule has 9 heteroatoms. The summed E-state index contributed by atoms with van der Waals surface area (Å²) in [6, 6.07) is 16.6. The largest absolute Gasteiger partial charge is 0.496 e. The van der Waals surface area contributed by atoms with Gasteiger partial charge in [-0.25, -0.2) is 9.79 Å². The number of carbonyl (C=O) groups is 1. The van der Waals surface area contributed by atoms with Crippen molar-refractivity contribution in [3.8, 4) is 11.5 Å². The zero-order valence-corrected chi connectivity index (χ0v) is 24.4. The van der Waals surface area contributed by atoms with E-state index in [1.807, 2.05) is 67.6 Å². The van der Waals surface area contributed by atoms with Gasteiger partial charge in [0, 0.05) is 5.56 Å². The molecule has 0 aliphatic carbocycles. The fourth-order valence-electron chi connectivity index (χ4n) is 4.83. The van der Waals surface area contributed by atoms with Crippen LogP contribution in [-0.2, 0) is 9.53 Å². The van der Waals surface area contributed by atoms with Gasteiger partial charge in [0.15, 0.2) is 4.80 Å². The van der Waals surface area contributed by atoms with E-state index in [0.717, 1.165) is 26.6 Å². The number of esters is 1. The molecule has 5 rings (SSSR count). The molecule has 1 aromatic heterocycles. The number of hydrogen-bond donors (Lipinski definition) is 0. The number of nitrogens with zero attached hydrogens (tertiary/aromatic N) is 2. The fourth-order valence-corrected chi connectivity index (χ4v) is 6.39. The molecule has 1 aliphatic rings. The normalized spacial score (nSPS) is 15.2. The fraction of sp³-hybridized carbons (Fsp3) is 0.233. The summed E-state index contributed by atoms with van der Waals surface area (Å²) in [6.45, 7) is 6.21. The van der Waals surface area contributed by atoms with Crippen molar-refractivity contribution in [2.75, 3.05) is 20.3 Å². The van der Waals surface area contributed by atoms with Crippen LogP contribution in [0.25, 0.3) is 16.8 Å². The molecular weight excluding hydrogens is 580 g/mol. The van der Waals surface area contributed by atoms with Gasteiger partial charge in [-0.2, -0.15) is 0 Å². The van der Waals surface area contributed by atoms with Crippen molar-refractivity contribution in [2.45, 2.75) is 26.8 Å². The van der Waals surface area contributed by atoms with Crippen molar-refractivity contribution in [1.29, 1.82) is 0 Å². The number of rotatable bonds is 7. The van der Waals surface area contributed by atoms with Gasteiger partial charge in [0.05, 0.1) is 40.6 Å². The van der Waals surface area contributed by atoms with E-state index in [0.29, 0.717) is 38.5 Å².